The number of nitrogens with two attached hydrogens (primary N) is 1. The Balaban J connectivity index is 2.21. The zero-order chi connectivity index (χ0) is 26.5. The molecule has 0 saturated carbocycles. The van der Waals surface area contributed by atoms with Crippen LogP contribution in [0, 0.1) is 17.0 Å². The van der Waals surface area contributed by atoms with E-state index < -0.39 is 45.8 Å². The van der Waals surface area contributed by atoms with E-state index in [1.165, 1.54) is 4.90 Å². The summed E-state index contributed by atoms with van der Waals surface area (Å²) in [6, 6.07) is 12.1. The van der Waals surface area contributed by atoms with Crippen LogP contribution >= 0.6 is 0 Å². The van der Waals surface area contributed by atoms with E-state index >= 15 is 0 Å². The molecule has 1 aromatic heterocycles. The highest BCUT2D eigenvalue weighted by Crippen LogP contribution is 2.39. The number of hydrogen-bond acceptors (Lipinski definition) is 4. The minimum absolute atomic E-state index is 0.00650. The van der Waals surface area contributed by atoms with E-state index in [4.69, 9.17) is 10.7 Å². The van der Waals surface area contributed by atoms with Crippen molar-refractivity contribution in [2.75, 3.05) is 18.8 Å². The van der Waals surface area contributed by atoms with Crippen LogP contribution in [0.5, 0.6) is 0 Å². The van der Waals surface area contributed by atoms with Crippen molar-refractivity contribution in [3.63, 3.8) is 0 Å². The summed E-state index contributed by atoms with van der Waals surface area (Å²) in [6.07, 6.45) is 2.12. The summed E-state index contributed by atoms with van der Waals surface area (Å²) in [5.74, 6) is -1.84. The Bertz CT molecular complexity index is 1210. The van der Waals surface area contributed by atoms with E-state index in [1.54, 1.807) is 6.20 Å². The molecule has 36 heavy (non-hydrogen) atoms. The molecule has 2 atom stereocenters. The van der Waals surface area contributed by atoms with Gasteiger partial charge in [0.1, 0.15) is 23.2 Å². The molecule has 0 aliphatic rings. The molecule has 1 amide bonds. The third kappa shape index (κ3) is 6.83. The number of aromatic nitrogens is 2. The van der Waals surface area contributed by atoms with Gasteiger partial charge in [0.15, 0.2) is 11.1 Å². The Morgan fingerprint density at radius 3 is 2.50 bits per heavy atom. The van der Waals surface area contributed by atoms with Crippen molar-refractivity contribution in [2.45, 2.75) is 39.8 Å². The second-order valence-corrected chi connectivity index (χ2v) is 10.6. The normalized spacial score (nSPS) is 13.4. The Kier molecular flexibility index (Phi) is 9.10. The standard InChI is InChI=1S/C26H32F2N4O3S/c1-26(2,3)24(32(13-7-12-29)23(33)17-36(34)35)25-30-22(20-14-19(27)10-11-21(20)28)16-31(25)15-18-8-5-4-6-9-18/h4-6,8-11,14,16,24H,7,12-13,15,17,29H2,1-3H3,(H,34,35)/t24-/m0/s1. The van der Waals surface area contributed by atoms with Crippen molar-refractivity contribution < 1.29 is 22.3 Å². The molecular formula is C26H32F2N4O3S. The number of amides is 1. The Morgan fingerprint density at radius 1 is 1.19 bits per heavy atom. The van der Waals surface area contributed by atoms with Crippen LogP contribution in [0.4, 0.5) is 8.78 Å². The Morgan fingerprint density at radius 2 is 1.89 bits per heavy atom. The monoisotopic (exact) mass is 518 g/mol. The molecule has 0 aliphatic heterocycles. The van der Waals surface area contributed by atoms with Crippen LogP contribution < -0.4 is 5.73 Å². The molecule has 3 rings (SSSR count). The van der Waals surface area contributed by atoms with E-state index in [-0.39, 0.29) is 17.8 Å². The summed E-state index contributed by atoms with van der Waals surface area (Å²) in [6.45, 7) is 6.73. The van der Waals surface area contributed by atoms with Crippen LogP contribution in [0.25, 0.3) is 11.3 Å². The molecule has 0 radical (unpaired) electrons. The molecule has 0 saturated heterocycles. The maximum atomic E-state index is 14.7. The first-order valence-corrected chi connectivity index (χ1v) is 12.9. The lowest BCUT2D eigenvalue weighted by molar-refractivity contribution is -0.133. The van der Waals surface area contributed by atoms with Gasteiger partial charge in [0.25, 0.3) is 0 Å². The van der Waals surface area contributed by atoms with E-state index in [2.05, 4.69) is 0 Å². The number of carbonyl (C=O) groups is 1. The fourth-order valence-electron chi connectivity index (χ4n) is 4.22. The quantitative estimate of drug-likeness (QED) is 0.388. The van der Waals surface area contributed by atoms with Crippen LogP contribution in [0.1, 0.15) is 44.6 Å². The zero-order valence-electron chi connectivity index (χ0n) is 20.7. The van der Waals surface area contributed by atoms with Crippen LogP contribution in [-0.4, -0.2) is 48.0 Å². The van der Waals surface area contributed by atoms with Gasteiger partial charge in [0.2, 0.25) is 5.91 Å². The third-order valence-electron chi connectivity index (χ3n) is 5.75. The number of hydrogen-bond donors (Lipinski definition) is 2. The lowest BCUT2D eigenvalue weighted by Crippen LogP contribution is -2.45. The van der Waals surface area contributed by atoms with Crippen molar-refractivity contribution in [1.82, 2.24) is 14.5 Å². The van der Waals surface area contributed by atoms with Gasteiger partial charge in [-0.15, -0.1) is 0 Å². The van der Waals surface area contributed by atoms with Gasteiger partial charge >= 0.3 is 0 Å². The minimum atomic E-state index is -2.33. The highest BCUT2D eigenvalue weighted by molar-refractivity contribution is 7.80. The molecule has 0 fully saturated rings. The lowest BCUT2D eigenvalue weighted by atomic mass is 9.84. The van der Waals surface area contributed by atoms with E-state index in [9.17, 15) is 22.3 Å². The molecule has 7 nitrogen and oxygen atoms in total. The topological polar surface area (TPSA) is 101 Å². The fraction of sp³-hybridized carbons (Fsp3) is 0.385. The molecule has 0 spiro atoms. The van der Waals surface area contributed by atoms with Crippen molar-refractivity contribution in [2.24, 2.45) is 11.1 Å². The maximum absolute atomic E-state index is 14.7. The van der Waals surface area contributed by atoms with E-state index in [0.717, 1.165) is 23.8 Å². The molecule has 0 aliphatic carbocycles. The minimum Gasteiger partial charge on any atom is -0.331 e. The molecule has 3 aromatic rings. The van der Waals surface area contributed by atoms with E-state index in [1.807, 2.05) is 55.7 Å². The number of benzene rings is 2. The summed E-state index contributed by atoms with van der Waals surface area (Å²) < 4.78 is 51.5. The second-order valence-electron chi connectivity index (χ2n) is 9.69. The van der Waals surface area contributed by atoms with Crippen LogP contribution in [0.3, 0.4) is 0 Å². The van der Waals surface area contributed by atoms with Crippen LogP contribution in [0.15, 0.2) is 54.7 Å². The van der Waals surface area contributed by atoms with Crippen LogP contribution in [-0.2, 0) is 22.4 Å². The molecular weight excluding hydrogens is 486 g/mol. The fourth-order valence-corrected chi connectivity index (χ4v) is 4.60. The third-order valence-corrected chi connectivity index (χ3v) is 6.25. The largest absolute Gasteiger partial charge is 0.331 e. The van der Waals surface area contributed by atoms with Gasteiger partial charge in [-0.25, -0.2) is 18.0 Å². The molecule has 2 aromatic carbocycles. The summed E-state index contributed by atoms with van der Waals surface area (Å²) in [7, 11) is 0. The molecule has 194 valence electrons. The number of nitrogens with zero attached hydrogens (tertiary/aromatic N) is 3. The zero-order valence-corrected chi connectivity index (χ0v) is 21.5. The van der Waals surface area contributed by atoms with Crippen molar-refractivity contribution in [3.8, 4) is 11.3 Å². The van der Waals surface area contributed by atoms with Gasteiger partial charge in [-0.2, -0.15) is 0 Å². The molecule has 10 heteroatoms. The number of halogens is 2. The predicted molar refractivity (Wildman–Crippen MR) is 136 cm³/mol. The smallest absolute Gasteiger partial charge is 0.238 e. The SMILES string of the molecule is CC(C)(C)[C@H](c1nc(-c2cc(F)ccc2F)cn1Cc1ccccc1)N(CCCN)C(=O)CS(=O)O. The average Bonchev–Trinajstić information content (AvgIpc) is 3.20. The number of imidazole rings is 1. The van der Waals surface area contributed by atoms with Crippen molar-refractivity contribution in [1.29, 1.82) is 0 Å². The first kappa shape index (κ1) is 27.6. The Labute approximate surface area is 212 Å². The van der Waals surface area contributed by atoms with Crippen molar-refractivity contribution in [3.05, 3.63) is 77.8 Å². The molecule has 0 bridgehead atoms. The highest BCUT2D eigenvalue weighted by Gasteiger charge is 2.38. The molecule has 1 heterocycles. The van der Waals surface area contributed by atoms with Gasteiger partial charge in [0, 0.05) is 24.8 Å². The van der Waals surface area contributed by atoms with Crippen molar-refractivity contribution >= 4 is 17.0 Å². The van der Waals surface area contributed by atoms with Crippen LogP contribution in [0.2, 0.25) is 0 Å². The lowest BCUT2D eigenvalue weighted by Gasteiger charge is -2.40. The van der Waals surface area contributed by atoms with Gasteiger partial charge in [0.05, 0.1) is 11.7 Å². The summed E-state index contributed by atoms with van der Waals surface area (Å²) >= 11 is -2.33. The average molecular weight is 519 g/mol. The van der Waals surface area contributed by atoms with E-state index in [0.29, 0.717) is 25.3 Å². The van der Waals surface area contributed by atoms with Gasteiger partial charge in [-0.1, -0.05) is 51.1 Å². The number of rotatable bonds is 10. The first-order valence-electron chi connectivity index (χ1n) is 11.6. The molecule has 1 unspecified atom stereocenters. The van der Waals surface area contributed by atoms with Gasteiger partial charge in [-0.05, 0) is 42.1 Å². The summed E-state index contributed by atoms with van der Waals surface area (Å²) in [5, 5.41) is 0. The first-order chi connectivity index (χ1) is 17.0. The second kappa shape index (κ2) is 11.9. The maximum Gasteiger partial charge on any atom is 0.238 e. The van der Waals surface area contributed by atoms with Gasteiger partial charge in [-0.3, -0.25) is 4.79 Å². The summed E-state index contributed by atoms with van der Waals surface area (Å²) in [4.78, 5) is 19.4. The predicted octanol–water partition coefficient (Wildman–Crippen LogP) is 4.36. The molecule has 3 N–H and O–H groups in total. The van der Waals surface area contributed by atoms with Gasteiger partial charge < -0.3 is 19.8 Å². The summed E-state index contributed by atoms with van der Waals surface area (Å²) in [5.41, 5.74) is 6.34. The highest BCUT2D eigenvalue weighted by atomic mass is 32.2. The Hall–Kier alpha value is -2.95. The number of carbonyl (C=O) groups excluding carboxylic acids is 1.